The third-order valence-electron chi connectivity index (χ3n) is 8.25. The van der Waals surface area contributed by atoms with E-state index >= 15 is 0 Å². The van der Waals surface area contributed by atoms with Gasteiger partial charge in [-0.25, -0.2) is 0 Å². The van der Waals surface area contributed by atoms with E-state index in [1.54, 1.807) is 0 Å². The van der Waals surface area contributed by atoms with Gasteiger partial charge < -0.3 is 14.2 Å². The predicted octanol–water partition coefficient (Wildman–Crippen LogP) is 8.06. The van der Waals surface area contributed by atoms with Crippen LogP contribution in [0.15, 0.2) is 0 Å². The minimum Gasteiger partial charge on any atom is -0.378 e. The molecule has 0 radical (unpaired) electrons. The van der Waals surface area contributed by atoms with Crippen LogP contribution >= 0.6 is 0 Å². The fourth-order valence-corrected chi connectivity index (χ4v) is 6.16. The second kappa shape index (κ2) is 14.3. The maximum Gasteiger partial charge on any atom is 0.389 e. The van der Waals surface area contributed by atoms with Crippen LogP contribution in [-0.2, 0) is 14.2 Å². The first-order chi connectivity index (χ1) is 15.9. The van der Waals surface area contributed by atoms with Crippen molar-refractivity contribution in [3.63, 3.8) is 0 Å². The topological polar surface area (TPSA) is 27.7 Å². The Balaban J connectivity index is 1.24. The summed E-state index contributed by atoms with van der Waals surface area (Å²) in [6.45, 7) is 4.29. The fourth-order valence-electron chi connectivity index (χ4n) is 6.16. The van der Waals surface area contributed by atoms with Gasteiger partial charge in [0.1, 0.15) is 0 Å². The Bertz CT molecular complexity index is 503. The van der Waals surface area contributed by atoms with E-state index in [4.69, 9.17) is 14.2 Å². The van der Waals surface area contributed by atoms with Gasteiger partial charge in [-0.05, 0) is 82.5 Å². The molecule has 1 saturated heterocycles. The Hall–Kier alpha value is -0.330. The highest BCUT2D eigenvalue weighted by Gasteiger charge is 2.36. The maximum absolute atomic E-state index is 12.3. The molecule has 2 saturated carbocycles. The standard InChI is InChI=1S/C27H47F3O3/c1-2-3-4-5-6-18-31-25-15-13-23(14-16-25)22-9-11-24(12-10-22)26-32-19-21(20-33-26)8-7-17-27(28,29)30/h21-26H,2-20H2,1H3/t21-,22-,23-,24-,25-,26-. The van der Waals surface area contributed by atoms with E-state index in [0.29, 0.717) is 31.7 Å². The summed E-state index contributed by atoms with van der Waals surface area (Å²) >= 11 is 0. The number of alkyl halides is 3. The molecule has 0 aromatic rings. The Kier molecular flexibility index (Phi) is 11.8. The minimum atomic E-state index is -4.06. The van der Waals surface area contributed by atoms with E-state index < -0.39 is 12.6 Å². The van der Waals surface area contributed by atoms with Gasteiger partial charge in [0.15, 0.2) is 6.29 Å². The Morgan fingerprint density at radius 3 is 1.91 bits per heavy atom. The first-order valence-electron chi connectivity index (χ1n) is 13.9. The summed E-state index contributed by atoms with van der Waals surface area (Å²) in [7, 11) is 0. The molecule has 0 N–H and O–H groups in total. The molecule has 3 nitrogen and oxygen atoms in total. The number of ether oxygens (including phenoxy) is 3. The Labute approximate surface area is 199 Å². The highest BCUT2D eigenvalue weighted by Crippen LogP contribution is 2.42. The summed E-state index contributed by atoms with van der Waals surface area (Å²) in [6.07, 6.45) is 12.7. The van der Waals surface area contributed by atoms with Crippen molar-refractivity contribution in [3.05, 3.63) is 0 Å². The van der Waals surface area contributed by atoms with Crippen LogP contribution in [-0.4, -0.2) is 38.4 Å². The Morgan fingerprint density at radius 1 is 0.727 bits per heavy atom. The maximum atomic E-state index is 12.3. The van der Waals surface area contributed by atoms with Gasteiger partial charge in [0.05, 0.1) is 19.3 Å². The fraction of sp³-hybridized carbons (Fsp3) is 1.00. The molecular weight excluding hydrogens is 429 g/mol. The van der Waals surface area contributed by atoms with Crippen molar-refractivity contribution in [2.24, 2.45) is 23.7 Å². The minimum absolute atomic E-state index is 0.105. The van der Waals surface area contributed by atoms with Gasteiger partial charge in [-0.15, -0.1) is 0 Å². The first kappa shape index (κ1) is 27.3. The van der Waals surface area contributed by atoms with Crippen molar-refractivity contribution in [3.8, 4) is 0 Å². The molecule has 3 fully saturated rings. The van der Waals surface area contributed by atoms with Gasteiger partial charge in [0.2, 0.25) is 0 Å². The second-order valence-electron chi connectivity index (χ2n) is 10.9. The van der Waals surface area contributed by atoms with Gasteiger partial charge in [-0.2, -0.15) is 13.2 Å². The highest BCUT2D eigenvalue weighted by molar-refractivity contribution is 4.84. The lowest BCUT2D eigenvalue weighted by atomic mass is 9.70. The monoisotopic (exact) mass is 476 g/mol. The van der Waals surface area contributed by atoms with Gasteiger partial charge in [0.25, 0.3) is 0 Å². The lowest BCUT2D eigenvalue weighted by Gasteiger charge is -2.41. The van der Waals surface area contributed by atoms with Crippen LogP contribution in [0.4, 0.5) is 13.2 Å². The van der Waals surface area contributed by atoms with Crippen molar-refractivity contribution in [1.82, 2.24) is 0 Å². The van der Waals surface area contributed by atoms with E-state index in [-0.39, 0.29) is 18.6 Å². The number of unbranched alkanes of at least 4 members (excludes halogenated alkanes) is 4. The van der Waals surface area contributed by atoms with E-state index in [0.717, 1.165) is 31.3 Å². The third-order valence-corrected chi connectivity index (χ3v) is 8.25. The highest BCUT2D eigenvalue weighted by atomic mass is 19.4. The molecule has 1 aliphatic heterocycles. The largest absolute Gasteiger partial charge is 0.389 e. The molecule has 0 aromatic heterocycles. The van der Waals surface area contributed by atoms with Gasteiger partial charge in [-0.3, -0.25) is 0 Å². The van der Waals surface area contributed by atoms with E-state index in [2.05, 4.69) is 6.92 Å². The first-order valence-corrected chi connectivity index (χ1v) is 13.9. The number of halogens is 3. The summed E-state index contributed by atoms with van der Waals surface area (Å²) in [5, 5.41) is 0. The molecule has 194 valence electrons. The summed E-state index contributed by atoms with van der Waals surface area (Å²) in [5.74, 6) is 2.23. The predicted molar refractivity (Wildman–Crippen MR) is 125 cm³/mol. The van der Waals surface area contributed by atoms with Crippen molar-refractivity contribution in [1.29, 1.82) is 0 Å². The molecule has 6 heteroatoms. The molecule has 0 spiro atoms. The normalized spacial score (nSPS) is 33.8. The molecule has 3 rings (SSSR count). The lowest BCUT2D eigenvalue weighted by molar-refractivity contribution is -0.231. The van der Waals surface area contributed by atoms with E-state index in [1.165, 1.54) is 70.6 Å². The number of rotatable bonds is 12. The van der Waals surface area contributed by atoms with Gasteiger partial charge in [-0.1, -0.05) is 32.6 Å². The van der Waals surface area contributed by atoms with Crippen LogP contribution in [0.5, 0.6) is 0 Å². The molecule has 2 aliphatic carbocycles. The molecule has 3 aliphatic rings. The summed E-state index contributed by atoms with van der Waals surface area (Å²) < 4.78 is 55.1. The molecule has 33 heavy (non-hydrogen) atoms. The molecule has 0 unspecified atom stereocenters. The van der Waals surface area contributed by atoms with E-state index in [1.807, 2.05) is 0 Å². The molecule has 1 heterocycles. The molecular formula is C27H47F3O3. The average Bonchev–Trinajstić information content (AvgIpc) is 2.82. The SMILES string of the molecule is CCCCCCCO[C@H]1CC[C@H]([C@H]2CC[C@H]([C@H]3OC[C@H](CCCC(F)(F)F)CO3)CC2)CC1. The average molecular weight is 477 g/mol. The summed E-state index contributed by atoms with van der Waals surface area (Å²) in [4.78, 5) is 0. The zero-order valence-electron chi connectivity index (χ0n) is 20.8. The smallest absolute Gasteiger partial charge is 0.378 e. The summed E-state index contributed by atoms with van der Waals surface area (Å²) in [5.41, 5.74) is 0. The van der Waals surface area contributed by atoms with Crippen LogP contribution in [0, 0.1) is 23.7 Å². The van der Waals surface area contributed by atoms with Crippen molar-refractivity contribution < 1.29 is 27.4 Å². The van der Waals surface area contributed by atoms with Crippen LogP contribution in [0.25, 0.3) is 0 Å². The summed E-state index contributed by atoms with van der Waals surface area (Å²) in [6, 6.07) is 0. The molecule has 0 aromatic carbocycles. The quantitative estimate of drug-likeness (QED) is 0.267. The number of hydrogen-bond acceptors (Lipinski definition) is 3. The Morgan fingerprint density at radius 2 is 1.30 bits per heavy atom. The van der Waals surface area contributed by atoms with Crippen molar-refractivity contribution in [2.45, 2.75) is 128 Å². The second-order valence-corrected chi connectivity index (χ2v) is 10.9. The van der Waals surface area contributed by atoms with Crippen molar-refractivity contribution >= 4 is 0 Å². The molecule has 0 amide bonds. The molecule has 0 bridgehead atoms. The zero-order valence-corrected chi connectivity index (χ0v) is 20.8. The number of hydrogen-bond donors (Lipinski definition) is 0. The van der Waals surface area contributed by atoms with Crippen LogP contribution in [0.2, 0.25) is 0 Å². The lowest BCUT2D eigenvalue weighted by Crippen LogP contribution is -2.39. The van der Waals surface area contributed by atoms with Gasteiger partial charge >= 0.3 is 6.18 Å². The van der Waals surface area contributed by atoms with Crippen molar-refractivity contribution in [2.75, 3.05) is 19.8 Å². The van der Waals surface area contributed by atoms with Gasteiger partial charge in [0, 0.05) is 24.9 Å². The van der Waals surface area contributed by atoms with Crippen LogP contribution < -0.4 is 0 Å². The third kappa shape index (κ3) is 10.0. The van der Waals surface area contributed by atoms with Crippen LogP contribution in [0.3, 0.4) is 0 Å². The molecule has 0 atom stereocenters. The van der Waals surface area contributed by atoms with Crippen LogP contribution in [0.1, 0.15) is 110 Å². The zero-order chi connectivity index (χ0) is 23.5. The van der Waals surface area contributed by atoms with E-state index in [9.17, 15) is 13.2 Å².